The number of alkyl halides is 3. The molecule has 0 bridgehead atoms. The normalized spacial score (nSPS) is 12.8. The van der Waals surface area contributed by atoms with E-state index < -0.39 is 35.5 Å². The van der Waals surface area contributed by atoms with Crippen molar-refractivity contribution in [2.45, 2.75) is 39.6 Å². The molecule has 0 fully saturated rings. The van der Waals surface area contributed by atoms with Gasteiger partial charge in [-0.1, -0.05) is 13.8 Å². The Bertz CT molecular complexity index is 1200. The summed E-state index contributed by atoms with van der Waals surface area (Å²) in [5.74, 6) is -1.21. The number of nitrogens with zero attached hydrogens (tertiary/aromatic N) is 2. The highest BCUT2D eigenvalue weighted by atomic mass is 19.4. The molecule has 1 heterocycles. The zero-order valence-corrected chi connectivity index (χ0v) is 19.9. The highest BCUT2D eigenvalue weighted by molar-refractivity contribution is 5.91. The van der Waals surface area contributed by atoms with E-state index in [2.05, 4.69) is 15.3 Å². The molecule has 0 aliphatic heterocycles. The molecule has 0 aliphatic carbocycles. The predicted molar refractivity (Wildman–Crippen MR) is 121 cm³/mol. The van der Waals surface area contributed by atoms with Gasteiger partial charge in [-0.3, -0.25) is 0 Å². The summed E-state index contributed by atoms with van der Waals surface area (Å²) in [6.45, 7) is 5.39. The van der Waals surface area contributed by atoms with E-state index in [-0.39, 0.29) is 30.5 Å². The fourth-order valence-corrected chi connectivity index (χ4v) is 3.52. The smallest absolute Gasteiger partial charge is 0.419 e. The zero-order chi connectivity index (χ0) is 25.9. The summed E-state index contributed by atoms with van der Waals surface area (Å²) in [6.07, 6.45) is -5.21. The fraction of sp³-hybridized carbons (Fsp3) is 0.417. The topological polar surface area (TPSA) is 65.5 Å². The molecule has 0 spiro atoms. The lowest BCUT2D eigenvalue weighted by Gasteiger charge is -2.21. The number of anilines is 1. The van der Waals surface area contributed by atoms with Gasteiger partial charge in [0.15, 0.2) is 11.5 Å². The van der Waals surface area contributed by atoms with E-state index in [4.69, 9.17) is 14.2 Å². The van der Waals surface area contributed by atoms with E-state index in [0.29, 0.717) is 34.3 Å². The molecule has 35 heavy (non-hydrogen) atoms. The summed E-state index contributed by atoms with van der Waals surface area (Å²) in [5.41, 5.74) is -1.70. The third-order valence-corrected chi connectivity index (χ3v) is 5.41. The van der Waals surface area contributed by atoms with Crippen LogP contribution in [0.2, 0.25) is 0 Å². The van der Waals surface area contributed by atoms with Gasteiger partial charge in [0.2, 0.25) is 0 Å². The van der Waals surface area contributed by atoms with Crippen molar-refractivity contribution in [3.63, 3.8) is 0 Å². The predicted octanol–water partition coefficient (Wildman–Crippen LogP) is 5.91. The first kappa shape index (κ1) is 26.4. The average Bonchev–Trinajstić information content (AvgIpc) is 2.78. The largest absolute Gasteiger partial charge is 0.493 e. The molecular weight excluding hydrogens is 473 g/mol. The first-order valence-corrected chi connectivity index (χ1v) is 10.8. The van der Waals surface area contributed by atoms with E-state index in [1.54, 1.807) is 26.2 Å². The van der Waals surface area contributed by atoms with E-state index >= 15 is 0 Å². The minimum absolute atomic E-state index is 0.128. The second kappa shape index (κ2) is 10.6. The van der Waals surface area contributed by atoms with E-state index in [1.807, 2.05) is 13.8 Å². The van der Waals surface area contributed by atoms with Crippen LogP contribution in [0, 0.1) is 24.5 Å². The Morgan fingerprint density at radius 2 is 1.71 bits per heavy atom. The summed E-state index contributed by atoms with van der Waals surface area (Å²) in [4.78, 5) is 8.66. The lowest BCUT2D eigenvalue weighted by molar-refractivity contribution is -0.140. The molecule has 0 radical (unpaired) electrons. The Kier molecular flexibility index (Phi) is 7.99. The number of nitrogens with one attached hydrogen (secondary N) is 1. The van der Waals surface area contributed by atoms with Crippen LogP contribution in [0.1, 0.15) is 30.8 Å². The van der Waals surface area contributed by atoms with Gasteiger partial charge in [-0.25, -0.2) is 18.7 Å². The Morgan fingerprint density at radius 3 is 2.31 bits per heavy atom. The summed E-state index contributed by atoms with van der Waals surface area (Å²) in [6, 6.07) is 4.09. The molecule has 1 unspecified atom stereocenters. The van der Waals surface area contributed by atoms with Crippen molar-refractivity contribution in [3.05, 3.63) is 52.9 Å². The zero-order valence-electron chi connectivity index (χ0n) is 19.9. The first-order chi connectivity index (χ1) is 16.4. The van der Waals surface area contributed by atoms with Crippen LogP contribution in [0.25, 0.3) is 10.9 Å². The average molecular weight is 499 g/mol. The molecule has 0 amide bonds. The molecule has 1 aromatic heterocycles. The fourth-order valence-electron chi connectivity index (χ4n) is 3.52. The third-order valence-electron chi connectivity index (χ3n) is 5.41. The molecule has 1 N–H and O–H groups in total. The lowest BCUT2D eigenvalue weighted by atomic mass is 10.1. The number of hydrogen-bond donors (Lipinski definition) is 1. The molecule has 190 valence electrons. The van der Waals surface area contributed by atoms with Gasteiger partial charge < -0.3 is 19.5 Å². The Labute approximate surface area is 199 Å². The van der Waals surface area contributed by atoms with Crippen LogP contribution in [-0.2, 0) is 17.5 Å². The van der Waals surface area contributed by atoms with E-state index in [9.17, 15) is 22.0 Å². The summed E-state index contributed by atoms with van der Waals surface area (Å²) < 4.78 is 84.2. The number of halogens is 5. The van der Waals surface area contributed by atoms with Crippen molar-refractivity contribution in [1.82, 2.24) is 9.97 Å². The second-order valence-corrected chi connectivity index (χ2v) is 8.25. The van der Waals surface area contributed by atoms with Gasteiger partial charge >= 0.3 is 6.18 Å². The number of rotatable bonds is 9. The van der Waals surface area contributed by atoms with Crippen LogP contribution in [0.15, 0.2) is 24.3 Å². The quantitative estimate of drug-likeness (QED) is 0.370. The molecule has 0 aliphatic rings. The molecule has 6 nitrogen and oxygen atoms in total. The van der Waals surface area contributed by atoms with Crippen LogP contribution < -0.4 is 14.8 Å². The van der Waals surface area contributed by atoms with Gasteiger partial charge in [-0.05, 0) is 31.0 Å². The van der Waals surface area contributed by atoms with Crippen LogP contribution in [0.3, 0.4) is 0 Å². The number of aryl methyl sites for hydroxylation is 1. The van der Waals surface area contributed by atoms with Gasteiger partial charge in [0.05, 0.1) is 24.3 Å². The van der Waals surface area contributed by atoms with Gasteiger partial charge in [-0.15, -0.1) is 0 Å². The molecule has 3 aromatic rings. The van der Waals surface area contributed by atoms with Gasteiger partial charge in [0.25, 0.3) is 0 Å². The van der Waals surface area contributed by atoms with Crippen molar-refractivity contribution in [1.29, 1.82) is 0 Å². The standard InChI is InChI=1S/C24H26F5N3O3/c1-12(2)21(34-5)11-35-20-8-16-18(9-19(20)33-4)31-13(3)32-23(16)30-10-14-6-15(25)7-17(22(14)26)24(27,28)29/h6-9,12,21H,10-11H2,1-5H3,(H,30,31,32). The van der Waals surface area contributed by atoms with Crippen molar-refractivity contribution < 1.29 is 36.2 Å². The van der Waals surface area contributed by atoms with E-state index in [1.165, 1.54) is 7.11 Å². The third kappa shape index (κ3) is 6.08. The monoisotopic (exact) mass is 499 g/mol. The minimum atomic E-state index is -5.03. The van der Waals surface area contributed by atoms with Crippen LogP contribution in [0.4, 0.5) is 27.8 Å². The molecule has 11 heteroatoms. The van der Waals surface area contributed by atoms with Crippen LogP contribution >= 0.6 is 0 Å². The summed E-state index contributed by atoms with van der Waals surface area (Å²) in [5, 5.41) is 3.26. The maximum absolute atomic E-state index is 14.5. The maximum Gasteiger partial charge on any atom is 0.419 e. The highest BCUT2D eigenvalue weighted by Gasteiger charge is 2.35. The van der Waals surface area contributed by atoms with Crippen molar-refractivity contribution in [2.75, 3.05) is 26.1 Å². The SMILES string of the molecule is COc1cc2nc(C)nc(NCc3cc(F)cc(C(F)(F)F)c3F)c2cc1OCC(OC)C(C)C. The number of aromatic nitrogens is 2. The number of benzene rings is 2. The molecule has 2 aromatic carbocycles. The lowest BCUT2D eigenvalue weighted by Crippen LogP contribution is -2.26. The number of fused-ring (bicyclic) bond motifs is 1. The Hall–Kier alpha value is -3.21. The molecule has 3 rings (SSSR count). The number of methoxy groups -OCH3 is 2. The van der Waals surface area contributed by atoms with E-state index in [0.717, 1.165) is 0 Å². The second-order valence-electron chi connectivity index (χ2n) is 8.25. The molecule has 1 atom stereocenters. The van der Waals surface area contributed by atoms with Crippen LogP contribution in [0.5, 0.6) is 11.5 Å². The summed E-state index contributed by atoms with van der Waals surface area (Å²) >= 11 is 0. The number of hydrogen-bond acceptors (Lipinski definition) is 6. The highest BCUT2D eigenvalue weighted by Crippen LogP contribution is 2.36. The molecule has 0 saturated heterocycles. The van der Waals surface area contributed by atoms with Crippen molar-refractivity contribution >= 4 is 16.7 Å². The summed E-state index contributed by atoms with van der Waals surface area (Å²) in [7, 11) is 3.06. The molecular formula is C24H26F5N3O3. The number of ether oxygens (including phenoxy) is 3. The van der Waals surface area contributed by atoms with Crippen LogP contribution in [-0.4, -0.2) is 36.9 Å². The van der Waals surface area contributed by atoms with Gasteiger partial charge in [0.1, 0.15) is 29.9 Å². The van der Waals surface area contributed by atoms with Gasteiger partial charge in [0, 0.05) is 30.7 Å². The molecule has 0 saturated carbocycles. The maximum atomic E-state index is 14.5. The minimum Gasteiger partial charge on any atom is -0.493 e. The van der Waals surface area contributed by atoms with Crippen molar-refractivity contribution in [3.8, 4) is 11.5 Å². The van der Waals surface area contributed by atoms with Gasteiger partial charge in [-0.2, -0.15) is 13.2 Å². The first-order valence-electron chi connectivity index (χ1n) is 10.8. The Morgan fingerprint density at radius 1 is 1.00 bits per heavy atom. The van der Waals surface area contributed by atoms with Crippen molar-refractivity contribution in [2.24, 2.45) is 5.92 Å². The Balaban J connectivity index is 1.98.